The van der Waals surface area contributed by atoms with Gasteiger partial charge in [-0.2, -0.15) is 0 Å². The SMILES string of the molecule is CC(O)CCN(C)C(=O)Nc1ccc(CCC(=O)O)cc1. The number of aliphatic carboxylic acids is 1. The molecule has 6 heteroatoms. The van der Waals surface area contributed by atoms with Gasteiger partial charge in [0.25, 0.3) is 0 Å². The number of amides is 2. The zero-order chi connectivity index (χ0) is 15.8. The molecule has 1 atom stereocenters. The fourth-order valence-electron chi connectivity index (χ4n) is 1.71. The highest BCUT2D eigenvalue weighted by Gasteiger charge is 2.09. The molecule has 0 bridgehead atoms. The third kappa shape index (κ3) is 6.76. The van der Waals surface area contributed by atoms with Crippen LogP contribution in [0.3, 0.4) is 0 Å². The van der Waals surface area contributed by atoms with Crippen LogP contribution >= 0.6 is 0 Å². The second-order valence-electron chi connectivity index (χ2n) is 5.08. The summed E-state index contributed by atoms with van der Waals surface area (Å²) in [5, 5.41) is 20.6. The predicted octanol–water partition coefficient (Wildman–Crippen LogP) is 1.94. The molecular formula is C15H22N2O4. The number of carboxylic acid groups (broad SMARTS) is 1. The molecule has 1 unspecified atom stereocenters. The molecule has 116 valence electrons. The Morgan fingerprint density at radius 3 is 2.43 bits per heavy atom. The van der Waals surface area contributed by atoms with E-state index in [1.807, 2.05) is 0 Å². The molecule has 0 aromatic heterocycles. The number of urea groups is 1. The molecule has 1 rings (SSSR count). The van der Waals surface area contributed by atoms with Crippen molar-refractivity contribution in [3.05, 3.63) is 29.8 Å². The third-order valence-corrected chi connectivity index (χ3v) is 3.06. The minimum Gasteiger partial charge on any atom is -0.481 e. The summed E-state index contributed by atoms with van der Waals surface area (Å²) in [7, 11) is 1.67. The Kier molecular flexibility index (Phi) is 6.68. The van der Waals surface area contributed by atoms with Crippen LogP contribution in [-0.4, -0.2) is 46.8 Å². The number of carbonyl (C=O) groups is 2. The Morgan fingerprint density at radius 1 is 1.29 bits per heavy atom. The van der Waals surface area contributed by atoms with Crippen LogP contribution in [0.25, 0.3) is 0 Å². The van der Waals surface area contributed by atoms with Crippen LogP contribution in [0, 0.1) is 0 Å². The molecule has 0 saturated heterocycles. The number of rotatable bonds is 7. The first-order valence-corrected chi connectivity index (χ1v) is 6.89. The van der Waals surface area contributed by atoms with Gasteiger partial charge >= 0.3 is 12.0 Å². The number of aryl methyl sites for hydroxylation is 1. The van der Waals surface area contributed by atoms with Crippen LogP contribution in [0.2, 0.25) is 0 Å². The van der Waals surface area contributed by atoms with Gasteiger partial charge in [-0.25, -0.2) is 4.79 Å². The van der Waals surface area contributed by atoms with E-state index in [4.69, 9.17) is 5.11 Å². The molecule has 2 amide bonds. The summed E-state index contributed by atoms with van der Waals surface area (Å²) in [5.41, 5.74) is 1.57. The van der Waals surface area contributed by atoms with Crippen LogP contribution in [0.4, 0.5) is 10.5 Å². The second-order valence-corrected chi connectivity index (χ2v) is 5.08. The van der Waals surface area contributed by atoms with Crippen molar-refractivity contribution in [2.45, 2.75) is 32.3 Å². The Bertz CT molecular complexity index is 471. The summed E-state index contributed by atoms with van der Waals surface area (Å²) in [6, 6.07) is 6.85. The lowest BCUT2D eigenvalue weighted by atomic mass is 10.1. The Balaban J connectivity index is 2.47. The van der Waals surface area contributed by atoms with Crippen molar-refractivity contribution in [2.24, 2.45) is 0 Å². The topological polar surface area (TPSA) is 89.9 Å². The van der Waals surface area contributed by atoms with E-state index < -0.39 is 12.1 Å². The van der Waals surface area contributed by atoms with Crippen molar-refractivity contribution in [1.82, 2.24) is 4.90 Å². The van der Waals surface area contributed by atoms with Crippen molar-refractivity contribution >= 4 is 17.7 Å². The second kappa shape index (κ2) is 8.26. The number of anilines is 1. The third-order valence-electron chi connectivity index (χ3n) is 3.06. The first kappa shape index (κ1) is 17.0. The Hall–Kier alpha value is -2.08. The largest absolute Gasteiger partial charge is 0.481 e. The molecule has 0 aliphatic heterocycles. The smallest absolute Gasteiger partial charge is 0.321 e. The molecular weight excluding hydrogens is 272 g/mol. The first-order valence-electron chi connectivity index (χ1n) is 6.89. The van der Waals surface area contributed by atoms with Gasteiger partial charge in [0, 0.05) is 25.7 Å². The van der Waals surface area contributed by atoms with Crippen LogP contribution in [0.15, 0.2) is 24.3 Å². The maximum absolute atomic E-state index is 11.9. The molecule has 0 radical (unpaired) electrons. The summed E-state index contributed by atoms with van der Waals surface area (Å²) >= 11 is 0. The zero-order valence-electron chi connectivity index (χ0n) is 12.4. The average Bonchev–Trinajstić information content (AvgIpc) is 2.43. The normalized spacial score (nSPS) is 11.8. The van der Waals surface area contributed by atoms with Crippen LogP contribution < -0.4 is 5.32 Å². The summed E-state index contributed by atoms with van der Waals surface area (Å²) in [5.74, 6) is -0.827. The number of aliphatic hydroxyl groups is 1. The van der Waals surface area contributed by atoms with Gasteiger partial charge in [-0.05, 0) is 37.5 Å². The van der Waals surface area contributed by atoms with Gasteiger partial charge in [-0.1, -0.05) is 12.1 Å². The van der Waals surface area contributed by atoms with E-state index in [9.17, 15) is 14.7 Å². The van der Waals surface area contributed by atoms with Gasteiger partial charge < -0.3 is 20.4 Å². The predicted molar refractivity (Wildman–Crippen MR) is 80.3 cm³/mol. The highest BCUT2D eigenvalue weighted by Crippen LogP contribution is 2.12. The zero-order valence-corrected chi connectivity index (χ0v) is 12.4. The summed E-state index contributed by atoms with van der Waals surface area (Å²) < 4.78 is 0. The van der Waals surface area contributed by atoms with E-state index >= 15 is 0 Å². The summed E-state index contributed by atoms with van der Waals surface area (Å²) in [4.78, 5) is 23.9. The van der Waals surface area contributed by atoms with E-state index in [1.165, 1.54) is 4.90 Å². The van der Waals surface area contributed by atoms with E-state index in [1.54, 1.807) is 38.2 Å². The van der Waals surface area contributed by atoms with Crippen molar-refractivity contribution in [2.75, 3.05) is 18.9 Å². The average molecular weight is 294 g/mol. The number of benzene rings is 1. The molecule has 0 saturated carbocycles. The van der Waals surface area contributed by atoms with Gasteiger partial charge in [-0.15, -0.1) is 0 Å². The minimum atomic E-state index is -0.827. The monoisotopic (exact) mass is 294 g/mol. The fourth-order valence-corrected chi connectivity index (χ4v) is 1.71. The van der Waals surface area contributed by atoms with Gasteiger partial charge in [0.15, 0.2) is 0 Å². The number of carboxylic acids is 1. The standard InChI is InChI=1S/C15H22N2O4/c1-11(18)9-10-17(2)15(21)16-13-6-3-12(4-7-13)5-8-14(19)20/h3-4,6-7,11,18H,5,8-10H2,1-2H3,(H,16,21)(H,19,20). The van der Waals surface area contributed by atoms with Crippen molar-refractivity contribution in [1.29, 1.82) is 0 Å². The Labute approximate surface area is 124 Å². The molecule has 1 aromatic carbocycles. The van der Waals surface area contributed by atoms with Crippen molar-refractivity contribution < 1.29 is 19.8 Å². The number of aliphatic hydroxyl groups excluding tert-OH is 1. The first-order chi connectivity index (χ1) is 9.88. The minimum absolute atomic E-state index is 0.0911. The quantitative estimate of drug-likeness (QED) is 0.717. The van der Waals surface area contributed by atoms with Crippen LogP contribution in [-0.2, 0) is 11.2 Å². The highest BCUT2D eigenvalue weighted by molar-refractivity contribution is 5.89. The lowest BCUT2D eigenvalue weighted by molar-refractivity contribution is -0.136. The maximum atomic E-state index is 11.9. The van der Waals surface area contributed by atoms with E-state index in [2.05, 4.69) is 5.32 Å². The van der Waals surface area contributed by atoms with Gasteiger partial charge in [-0.3, -0.25) is 4.79 Å². The van der Waals surface area contributed by atoms with Crippen LogP contribution in [0.1, 0.15) is 25.3 Å². The van der Waals surface area contributed by atoms with Gasteiger partial charge in [0.1, 0.15) is 0 Å². The lowest BCUT2D eigenvalue weighted by Crippen LogP contribution is -2.33. The number of nitrogens with one attached hydrogen (secondary N) is 1. The molecule has 0 aliphatic rings. The molecule has 21 heavy (non-hydrogen) atoms. The fraction of sp³-hybridized carbons (Fsp3) is 0.467. The van der Waals surface area contributed by atoms with E-state index in [0.717, 1.165) is 5.56 Å². The summed E-state index contributed by atoms with van der Waals surface area (Å²) in [6.07, 6.45) is 0.651. The number of nitrogens with zero attached hydrogens (tertiary/aromatic N) is 1. The molecule has 0 aliphatic carbocycles. The number of hydrogen-bond acceptors (Lipinski definition) is 3. The van der Waals surface area contributed by atoms with E-state index in [0.29, 0.717) is 25.1 Å². The number of hydrogen-bond donors (Lipinski definition) is 3. The number of carbonyl (C=O) groups excluding carboxylic acids is 1. The summed E-state index contributed by atoms with van der Waals surface area (Å²) in [6.45, 7) is 2.15. The maximum Gasteiger partial charge on any atom is 0.321 e. The molecule has 3 N–H and O–H groups in total. The van der Waals surface area contributed by atoms with Gasteiger partial charge in [0.2, 0.25) is 0 Å². The Morgan fingerprint density at radius 2 is 1.90 bits per heavy atom. The van der Waals surface area contributed by atoms with E-state index in [-0.39, 0.29) is 12.5 Å². The molecule has 1 aromatic rings. The van der Waals surface area contributed by atoms with Crippen LogP contribution in [0.5, 0.6) is 0 Å². The van der Waals surface area contributed by atoms with Gasteiger partial charge in [0.05, 0.1) is 6.10 Å². The highest BCUT2D eigenvalue weighted by atomic mass is 16.4. The molecule has 0 spiro atoms. The van der Waals surface area contributed by atoms with Crippen molar-refractivity contribution in [3.8, 4) is 0 Å². The lowest BCUT2D eigenvalue weighted by Gasteiger charge is -2.18. The van der Waals surface area contributed by atoms with Crippen molar-refractivity contribution in [3.63, 3.8) is 0 Å². The molecule has 0 heterocycles. The molecule has 6 nitrogen and oxygen atoms in total. The molecule has 0 fully saturated rings.